The van der Waals surface area contributed by atoms with Crippen LogP contribution in [0.2, 0.25) is 0 Å². The molecule has 0 radical (unpaired) electrons. The molecule has 1 atom stereocenters. The summed E-state index contributed by atoms with van der Waals surface area (Å²) in [5, 5.41) is 9.61. The van der Waals surface area contributed by atoms with Crippen LogP contribution in [-0.2, 0) is 16.6 Å². The Morgan fingerprint density at radius 2 is 1.76 bits per heavy atom. The third-order valence-corrected chi connectivity index (χ3v) is 3.55. The predicted octanol–water partition coefficient (Wildman–Crippen LogP) is 2.49. The first-order valence-electron chi connectivity index (χ1n) is 6.42. The van der Waals surface area contributed by atoms with Gasteiger partial charge in [-0.1, -0.05) is 24.3 Å². The van der Waals surface area contributed by atoms with Gasteiger partial charge in [-0.15, -0.1) is 0 Å². The van der Waals surface area contributed by atoms with E-state index in [9.17, 15) is 18.7 Å². The largest absolute Gasteiger partial charge is 0.481 e. The normalized spacial score (nSPS) is 13.7. The molecular formula is C16H15F2NO2. The van der Waals surface area contributed by atoms with Gasteiger partial charge >= 0.3 is 5.97 Å². The van der Waals surface area contributed by atoms with E-state index in [2.05, 4.69) is 0 Å². The van der Waals surface area contributed by atoms with Crippen molar-refractivity contribution in [2.45, 2.75) is 11.8 Å². The molecule has 21 heavy (non-hydrogen) atoms. The Morgan fingerprint density at radius 3 is 2.29 bits per heavy atom. The predicted molar refractivity (Wildman–Crippen MR) is 74.9 cm³/mol. The average Bonchev–Trinajstić information content (AvgIpc) is 2.45. The fraction of sp³-hybridized carbons (Fsp3) is 0.188. The second kappa shape index (κ2) is 6.01. The summed E-state index contributed by atoms with van der Waals surface area (Å²) in [6, 6.07) is 10.9. The summed E-state index contributed by atoms with van der Waals surface area (Å²) in [4.78, 5) is 11.8. The highest BCUT2D eigenvalue weighted by Gasteiger charge is 2.39. The van der Waals surface area contributed by atoms with Crippen molar-refractivity contribution in [3.05, 3.63) is 71.3 Å². The van der Waals surface area contributed by atoms with Crippen molar-refractivity contribution in [1.82, 2.24) is 0 Å². The minimum atomic E-state index is -1.42. The van der Waals surface area contributed by atoms with Crippen LogP contribution in [0.25, 0.3) is 0 Å². The minimum absolute atomic E-state index is 0.0300. The zero-order valence-corrected chi connectivity index (χ0v) is 11.2. The van der Waals surface area contributed by atoms with E-state index in [0.717, 1.165) is 0 Å². The molecule has 110 valence electrons. The summed E-state index contributed by atoms with van der Waals surface area (Å²) >= 11 is 0. The third-order valence-electron chi connectivity index (χ3n) is 3.55. The third kappa shape index (κ3) is 3.08. The van der Waals surface area contributed by atoms with Crippen LogP contribution in [0.15, 0.2) is 48.5 Å². The summed E-state index contributed by atoms with van der Waals surface area (Å²) in [6.45, 7) is -0.176. The first-order valence-corrected chi connectivity index (χ1v) is 6.42. The average molecular weight is 291 g/mol. The van der Waals surface area contributed by atoms with Crippen LogP contribution < -0.4 is 5.73 Å². The molecule has 2 aromatic rings. The molecule has 0 bridgehead atoms. The molecule has 0 aliphatic heterocycles. The van der Waals surface area contributed by atoms with Gasteiger partial charge in [0.25, 0.3) is 0 Å². The van der Waals surface area contributed by atoms with Crippen LogP contribution in [0.5, 0.6) is 0 Å². The number of nitrogens with two attached hydrogens (primary N) is 1. The lowest BCUT2D eigenvalue weighted by atomic mass is 9.75. The number of carboxylic acids is 1. The first kappa shape index (κ1) is 15.1. The maximum absolute atomic E-state index is 13.3. The monoisotopic (exact) mass is 291 g/mol. The number of halogens is 2. The highest BCUT2D eigenvalue weighted by molar-refractivity contribution is 5.82. The summed E-state index contributed by atoms with van der Waals surface area (Å²) in [7, 11) is 0. The van der Waals surface area contributed by atoms with E-state index in [-0.39, 0.29) is 13.0 Å². The van der Waals surface area contributed by atoms with Crippen molar-refractivity contribution in [1.29, 1.82) is 0 Å². The number of aliphatic carboxylic acids is 1. The standard InChI is InChI=1S/C16H15F2NO2/c17-13-6-4-12(5-7-13)16(10-19,15(20)21)9-11-2-1-3-14(18)8-11/h1-8H,9-10,19H2,(H,20,21). The fourth-order valence-electron chi connectivity index (χ4n) is 2.34. The van der Waals surface area contributed by atoms with E-state index in [1.165, 1.54) is 42.5 Å². The molecular weight excluding hydrogens is 276 g/mol. The van der Waals surface area contributed by atoms with Gasteiger partial charge in [-0.3, -0.25) is 4.79 Å². The van der Waals surface area contributed by atoms with E-state index in [1.807, 2.05) is 0 Å². The van der Waals surface area contributed by atoms with Crippen LogP contribution in [0.1, 0.15) is 11.1 Å². The lowest BCUT2D eigenvalue weighted by molar-refractivity contribution is -0.143. The number of carboxylic acid groups (broad SMARTS) is 1. The second-order valence-corrected chi connectivity index (χ2v) is 4.90. The topological polar surface area (TPSA) is 63.3 Å². The molecule has 1 unspecified atom stereocenters. The number of rotatable bonds is 5. The lowest BCUT2D eigenvalue weighted by Crippen LogP contribution is -2.45. The van der Waals surface area contributed by atoms with Gasteiger partial charge in [0.2, 0.25) is 0 Å². The quantitative estimate of drug-likeness (QED) is 0.889. The van der Waals surface area contributed by atoms with Crippen molar-refractivity contribution in [2.75, 3.05) is 6.54 Å². The number of hydrogen-bond donors (Lipinski definition) is 2. The molecule has 0 aliphatic rings. The smallest absolute Gasteiger partial charge is 0.315 e. The lowest BCUT2D eigenvalue weighted by Gasteiger charge is -2.28. The minimum Gasteiger partial charge on any atom is -0.481 e. The molecule has 0 amide bonds. The van der Waals surface area contributed by atoms with E-state index >= 15 is 0 Å². The SMILES string of the molecule is NCC(Cc1cccc(F)c1)(C(=O)O)c1ccc(F)cc1. The summed E-state index contributed by atoms with van der Waals surface area (Å²) in [5.74, 6) is -2.02. The Morgan fingerprint density at radius 1 is 1.10 bits per heavy atom. The van der Waals surface area contributed by atoms with Crippen molar-refractivity contribution < 1.29 is 18.7 Å². The van der Waals surface area contributed by atoms with Gasteiger partial charge in [0.1, 0.15) is 17.0 Å². The van der Waals surface area contributed by atoms with Crippen molar-refractivity contribution in [3.8, 4) is 0 Å². The molecule has 2 aromatic carbocycles. The Bertz CT molecular complexity index is 643. The number of carbonyl (C=O) groups is 1. The molecule has 0 saturated heterocycles. The van der Waals surface area contributed by atoms with Gasteiger partial charge in [-0.25, -0.2) is 8.78 Å². The fourth-order valence-corrected chi connectivity index (χ4v) is 2.34. The summed E-state index contributed by atoms with van der Waals surface area (Å²) < 4.78 is 26.3. The van der Waals surface area contributed by atoms with Gasteiger partial charge < -0.3 is 10.8 Å². The van der Waals surface area contributed by atoms with Gasteiger partial charge in [0, 0.05) is 6.54 Å². The van der Waals surface area contributed by atoms with Crippen LogP contribution in [0.3, 0.4) is 0 Å². The van der Waals surface area contributed by atoms with E-state index in [4.69, 9.17) is 5.73 Å². The van der Waals surface area contributed by atoms with Crippen LogP contribution in [0.4, 0.5) is 8.78 Å². The molecule has 0 spiro atoms. The Balaban J connectivity index is 2.46. The van der Waals surface area contributed by atoms with Gasteiger partial charge in [-0.2, -0.15) is 0 Å². The molecule has 0 aliphatic carbocycles. The van der Waals surface area contributed by atoms with Crippen molar-refractivity contribution in [2.24, 2.45) is 5.73 Å². The summed E-state index contributed by atoms with van der Waals surface area (Å²) in [6.07, 6.45) is 0.0300. The zero-order chi connectivity index (χ0) is 15.5. The molecule has 0 fully saturated rings. The number of hydrogen-bond acceptors (Lipinski definition) is 2. The van der Waals surface area contributed by atoms with Crippen molar-refractivity contribution >= 4 is 5.97 Å². The maximum Gasteiger partial charge on any atom is 0.315 e. The van der Waals surface area contributed by atoms with E-state index in [0.29, 0.717) is 11.1 Å². The van der Waals surface area contributed by atoms with Gasteiger partial charge in [0.15, 0.2) is 0 Å². The van der Waals surface area contributed by atoms with Crippen LogP contribution in [0, 0.1) is 11.6 Å². The Labute approximate surface area is 121 Å². The van der Waals surface area contributed by atoms with E-state index in [1.54, 1.807) is 6.07 Å². The molecule has 0 saturated carbocycles. The van der Waals surface area contributed by atoms with Gasteiger partial charge in [0.05, 0.1) is 0 Å². The summed E-state index contributed by atoms with van der Waals surface area (Å²) in [5.41, 5.74) is 5.19. The molecule has 2 rings (SSSR count). The molecule has 3 nitrogen and oxygen atoms in total. The Kier molecular flexibility index (Phi) is 4.33. The van der Waals surface area contributed by atoms with E-state index < -0.39 is 23.0 Å². The molecule has 0 aromatic heterocycles. The molecule has 0 heterocycles. The first-order chi connectivity index (χ1) is 9.98. The van der Waals surface area contributed by atoms with Gasteiger partial charge in [-0.05, 0) is 41.8 Å². The maximum atomic E-state index is 13.3. The van der Waals surface area contributed by atoms with Crippen molar-refractivity contribution in [3.63, 3.8) is 0 Å². The highest BCUT2D eigenvalue weighted by atomic mass is 19.1. The van der Waals surface area contributed by atoms with Crippen LogP contribution in [-0.4, -0.2) is 17.6 Å². The molecule has 5 heteroatoms. The Hall–Kier alpha value is -2.27. The zero-order valence-electron chi connectivity index (χ0n) is 11.2. The highest BCUT2D eigenvalue weighted by Crippen LogP contribution is 2.29. The second-order valence-electron chi connectivity index (χ2n) is 4.90. The van der Waals surface area contributed by atoms with Crippen LogP contribution >= 0.6 is 0 Å². The molecule has 3 N–H and O–H groups in total. The number of benzene rings is 2.